The summed E-state index contributed by atoms with van der Waals surface area (Å²) in [6.45, 7) is 1.63. The highest BCUT2D eigenvalue weighted by Crippen LogP contribution is 2.32. The van der Waals surface area contributed by atoms with E-state index in [9.17, 15) is 13.2 Å². The van der Waals surface area contributed by atoms with Crippen molar-refractivity contribution in [3.63, 3.8) is 0 Å². The molecule has 30 heavy (non-hydrogen) atoms. The molecule has 0 radical (unpaired) electrons. The highest BCUT2D eigenvalue weighted by molar-refractivity contribution is 14.0. The van der Waals surface area contributed by atoms with Crippen LogP contribution in [0, 0.1) is 6.92 Å². The molecule has 1 aliphatic heterocycles. The lowest BCUT2D eigenvalue weighted by atomic mass is 10.1. The van der Waals surface area contributed by atoms with Crippen LogP contribution in [0.5, 0.6) is 17.2 Å². The molecule has 2 aromatic rings. The number of nitrogens with one attached hydrogen (secondary N) is 1. The molecule has 0 saturated carbocycles. The van der Waals surface area contributed by atoms with Gasteiger partial charge in [-0.3, -0.25) is 0 Å². The molecule has 0 aliphatic carbocycles. The van der Waals surface area contributed by atoms with Gasteiger partial charge in [-0.1, -0.05) is 12.1 Å². The summed E-state index contributed by atoms with van der Waals surface area (Å²) in [6.07, 6.45) is -3.61. The van der Waals surface area contributed by atoms with E-state index < -0.39 is 12.8 Å². The van der Waals surface area contributed by atoms with Gasteiger partial charge in [0, 0.05) is 23.7 Å². The van der Waals surface area contributed by atoms with Crippen LogP contribution >= 0.6 is 24.0 Å². The monoisotopic (exact) mass is 537 g/mol. The van der Waals surface area contributed by atoms with E-state index in [1.54, 1.807) is 43.3 Å². The third kappa shape index (κ3) is 7.15. The maximum absolute atomic E-state index is 12.5. The quantitative estimate of drug-likeness (QED) is 0.330. The van der Waals surface area contributed by atoms with Crippen molar-refractivity contribution in [2.24, 2.45) is 10.7 Å². The molecule has 3 rings (SSSR count). The Kier molecular flexibility index (Phi) is 8.44. The van der Waals surface area contributed by atoms with E-state index in [0.717, 1.165) is 12.0 Å². The molecule has 1 aliphatic rings. The molecular weight excluding hydrogens is 514 g/mol. The molecule has 2 aromatic carbocycles. The maximum atomic E-state index is 12.5. The molecule has 3 N–H and O–H groups in total. The Labute approximate surface area is 189 Å². The van der Waals surface area contributed by atoms with Gasteiger partial charge < -0.3 is 25.3 Å². The number of nitrogens with two attached hydrogens (primary N) is 1. The number of aryl methyl sites for hydroxylation is 1. The molecule has 6 nitrogen and oxygen atoms in total. The second-order valence-electron chi connectivity index (χ2n) is 6.55. The van der Waals surface area contributed by atoms with Crippen LogP contribution < -0.4 is 25.3 Å². The summed E-state index contributed by atoms with van der Waals surface area (Å²) in [6, 6.07) is 10.3. The molecule has 0 saturated heterocycles. The first-order valence-electron chi connectivity index (χ1n) is 9.06. The Balaban J connectivity index is 0.00000320. The molecule has 0 bridgehead atoms. The standard InChI is InChI=1S/C20H22F3N3O3.HI/c1-13-3-4-14(17(9-13)29-12-20(21,22)23)11-25-19(24)26-15-5-6-16-18(10-15)28-8-2-7-27-16;/h3-6,9-10H,2,7-8,11-12H2,1H3,(H3,24,25,26);1H. The van der Waals surface area contributed by atoms with Crippen molar-refractivity contribution in [3.05, 3.63) is 47.5 Å². The average Bonchev–Trinajstić information content (AvgIpc) is 2.90. The fourth-order valence-electron chi connectivity index (χ4n) is 2.69. The predicted octanol–water partition coefficient (Wildman–Crippen LogP) is 4.64. The normalized spacial score (nSPS) is 13.8. The lowest BCUT2D eigenvalue weighted by Gasteiger charge is -2.13. The van der Waals surface area contributed by atoms with Crippen molar-refractivity contribution < 1.29 is 27.4 Å². The van der Waals surface area contributed by atoms with Gasteiger partial charge in [0.25, 0.3) is 0 Å². The van der Waals surface area contributed by atoms with E-state index in [2.05, 4.69) is 10.3 Å². The Morgan fingerprint density at radius 1 is 1.13 bits per heavy atom. The number of rotatable bonds is 5. The van der Waals surface area contributed by atoms with E-state index in [1.165, 1.54) is 0 Å². The third-order valence-corrected chi connectivity index (χ3v) is 4.05. The molecule has 0 atom stereocenters. The number of hydrogen-bond acceptors (Lipinski definition) is 4. The number of anilines is 1. The van der Waals surface area contributed by atoms with Gasteiger partial charge in [0.05, 0.1) is 19.8 Å². The topological polar surface area (TPSA) is 78.1 Å². The fraction of sp³-hybridized carbons (Fsp3) is 0.350. The van der Waals surface area contributed by atoms with Crippen molar-refractivity contribution in [3.8, 4) is 17.2 Å². The van der Waals surface area contributed by atoms with Gasteiger partial charge in [0.1, 0.15) is 5.75 Å². The van der Waals surface area contributed by atoms with Crippen molar-refractivity contribution in [2.45, 2.75) is 26.1 Å². The zero-order valence-electron chi connectivity index (χ0n) is 16.3. The number of ether oxygens (including phenoxy) is 3. The Morgan fingerprint density at radius 2 is 1.87 bits per heavy atom. The lowest BCUT2D eigenvalue weighted by molar-refractivity contribution is -0.153. The summed E-state index contributed by atoms with van der Waals surface area (Å²) < 4.78 is 53.5. The Bertz CT molecular complexity index is 891. The van der Waals surface area contributed by atoms with Crippen LogP contribution in [-0.4, -0.2) is 32.0 Å². The lowest BCUT2D eigenvalue weighted by Crippen LogP contribution is -2.23. The first kappa shape index (κ1) is 23.9. The highest BCUT2D eigenvalue weighted by atomic mass is 127. The summed E-state index contributed by atoms with van der Waals surface area (Å²) in [5.74, 6) is 1.52. The minimum absolute atomic E-state index is 0. The number of fused-ring (bicyclic) bond motifs is 1. The van der Waals surface area contributed by atoms with Gasteiger partial charge in [0.2, 0.25) is 0 Å². The second-order valence-corrected chi connectivity index (χ2v) is 6.55. The van der Waals surface area contributed by atoms with Crippen LogP contribution in [0.3, 0.4) is 0 Å². The van der Waals surface area contributed by atoms with E-state index in [1.807, 2.05) is 0 Å². The summed E-state index contributed by atoms with van der Waals surface area (Å²) in [5, 5.41) is 2.94. The number of nitrogens with zero attached hydrogens (tertiary/aromatic N) is 1. The molecule has 0 unspecified atom stereocenters. The van der Waals surface area contributed by atoms with Crippen LogP contribution in [0.15, 0.2) is 41.4 Å². The molecule has 0 spiro atoms. The van der Waals surface area contributed by atoms with Crippen molar-refractivity contribution >= 4 is 35.6 Å². The van der Waals surface area contributed by atoms with Gasteiger partial charge in [-0.2, -0.15) is 13.2 Å². The van der Waals surface area contributed by atoms with Crippen molar-refractivity contribution in [2.75, 3.05) is 25.1 Å². The zero-order chi connectivity index (χ0) is 20.9. The Morgan fingerprint density at radius 3 is 2.60 bits per heavy atom. The largest absolute Gasteiger partial charge is 0.490 e. The SMILES string of the molecule is Cc1ccc(CN=C(N)Nc2ccc3c(c2)OCCCO3)c(OCC(F)(F)F)c1.I. The van der Waals surface area contributed by atoms with Crippen molar-refractivity contribution in [1.82, 2.24) is 0 Å². The van der Waals surface area contributed by atoms with E-state index in [0.29, 0.717) is 36.0 Å². The van der Waals surface area contributed by atoms with Crippen LogP contribution in [0.4, 0.5) is 18.9 Å². The van der Waals surface area contributed by atoms with E-state index in [4.69, 9.17) is 19.9 Å². The van der Waals surface area contributed by atoms with Gasteiger partial charge in [-0.05, 0) is 30.7 Å². The molecule has 0 fully saturated rings. The smallest absolute Gasteiger partial charge is 0.422 e. The van der Waals surface area contributed by atoms with Gasteiger partial charge >= 0.3 is 6.18 Å². The first-order valence-corrected chi connectivity index (χ1v) is 9.06. The summed E-state index contributed by atoms with van der Waals surface area (Å²) in [5.41, 5.74) is 7.88. The van der Waals surface area contributed by atoms with Crippen LogP contribution in [0.1, 0.15) is 17.5 Å². The number of halogens is 4. The van der Waals surface area contributed by atoms with Crippen LogP contribution in [0.25, 0.3) is 0 Å². The maximum Gasteiger partial charge on any atom is 0.422 e. The number of benzene rings is 2. The number of alkyl halides is 3. The Hall–Kier alpha value is -2.37. The number of guanidine groups is 1. The number of hydrogen-bond donors (Lipinski definition) is 2. The highest BCUT2D eigenvalue weighted by Gasteiger charge is 2.28. The summed E-state index contributed by atoms with van der Waals surface area (Å²) in [4.78, 5) is 4.21. The summed E-state index contributed by atoms with van der Waals surface area (Å²) >= 11 is 0. The van der Waals surface area contributed by atoms with Gasteiger partial charge in [-0.25, -0.2) is 4.99 Å². The minimum atomic E-state index is -4.41. The van der Waals surface area contributed by atoms with Gasteiger partial charge in [-0.15, -0.1) is 24.0 Å². The zero-order valence-corrected chi connectivity index (χ0v) is 18.6. The van der Waals surface area contributed by atoms with Gasteiger partial charge in [0.15, 0.2) is 24.1 Å². The molecular formula is C20H23F3IN3O3. The first-order chi connectivity index (χ1) is 13.8. The van der Waals surface area contributed by atoms with Crippen LogP contribution in [-0.2, 0) is 6.54 Å². The summed E-state index contributed by atoms with van der Waals surface area (Å²) in [7, 11) is 0. The molecule has 0 aromatic heterocycles. The second kappa shape index (κ2) is 10.6. The predicted molar refractivity (Wildman–Crippen MR) is 119 cm³/mol. The molecule has 0 amide bonds. The van der Waals surface area contributed by atoms with E-state index in [-0.39, 0.29) is 42.2 Å². The van der Waals surface area contributed by atoms with Crippen LogP contribution in [0.2, 0.25) is 0 Å². The molecule has 10 heteroatoms. The van der Waals surface area contributed by atoms with E-state index >= 15 is 0 Å². The molecule has 1 heterocycles. The third-order valence-electron chi connectivity index (χ3n) is 4.05. The minimum Gasteiger partial charge on any atom is -0.490 e. The van der Waals surface area contributed by atoms with Crippen molar-refractivity contribution in [1.29, 1.82) is 0 Å². The fourth-order valence-corrected chi connectivity index (χ4v) is 2.69. The molecule has 164 valence electrons. The average molecular weight is 537 g/mol. The number of aliphatic imine (C=N–C) groups is 1.